The summed E-state index contributed by atoms with van der Waals surface area (Å²) in [5.41, 5.74) is 4.23. The maximum Gasteiger partial charge on any atom is 0.126 e. The normalized spacial score (nSPS) is 24.6. The van der Waals surface area contributed by atoms with Gasteiger partial charge < -0.3 is 5.32 Å². The maximum atomic E-state index is 4.71. The molecular weight excluding hydrogens is 284 g/mol. The molecule has 1 saturated heterocycles. The highest BCUT2D eigenvalue weighted by Crippen LogP contribution is 2.28. The Morgan fingerprint density at radius 3 is 2.70 bits per heavy atom. The van der Waals surface area contributed by atoms with Gasteiger partial charge in [-0.1, -0.05) is 19.9 Å². The van der Waals surface area contributed by atoms with Gasteiger partial charge in [0.2, 0.25) is 0 Å². The van der Waals surface area contributed by atoms with Gasteiger partial charge in [0.15, 0.2) is 0 Å². The molecule has 0 amide bonds. The minimum atomic E-state index is 0.485. The van der Waals surface area contributed by atoms with E-state index in [4.69, 9.17) is 4.98 Å². The van der Waals surface area contributed by atoms with Crippen molar-refractivity contribution in [2.45, 2.75) is 46.6 Å². The third-order valence-electron chi connectivity index (χ3n) is 4.85. The molecule has 2 unspecified atom stereocenters. The SMILES string of the molecule is Cc1nc(C)c(CC2NC[C@H](C)CC2C)c(-c2ccccn2)n1. The predicted octanol–water partition coefficient (Wildman–Crippen LogP) is 3.33. The summed E-state index contributed by atoms with van der Waals surface area (Å²) in [5.74, 6) is 2.23. The Labute approximate surface area is 138 Å². The average molecular weight is 310 g/mol. The number of hydrogen-bond acceptors (Lipinski definition) is 4. The highest BCUT2D eigenvalue weighted by molar-refractivity contribution is 5.59. The molecule has 3 atom stereocenters. The monoisotopic (exact) mass is 310 g/mol. The summed E-state index contributed by atoms with van der Waals surface area (Å²) in [6.07, 6.45) is 4.07. The van der Waals surface area contributed by atoms with Crippen molar-refractivity contribution in [3.8, 4) is 11.4 Å². The van der Waals surface area contributed by atoms with E-state index in [1.165, 1.54) is 12.0 Å². The van der Waals surface area contributed by atoms with E-state index in [9.17, 15) is 0 Å². The standard InChI is InChI=1S/C19H26N4/c1-12-9-13(2)18(21-11-12)10-16-14(3)22-15(4)23-19(16)17-7-5-6-8-20-17/h5-8,12-13,18,21H,9-11H2,1-4H3/t12-,13?,18?/m1/s1. The second-order valence-electron chi connectivity index (χ2n) is 6.94. The summed E-state index contributed by atoms with van der Waals surface area (Å²) in [4.78, 5) is 13.8. The first-order chi connectivity index (χ1) is 11.0. The Morgan fingerprint density at radius 1 is 1.17 bits per heavy atom. The Morgan fingerprint density at radius 2 is 2.00 bits per heavy atom. The van der Waals surface area contributed by atoms with Crippen molar-refractivity contribution in [1.82, 2.24) is 20.3 Å². The summed E-state index contributed by atoms with van der Waals surface area (Å²) in [6.45, 7) is 9.80. The van der Waals surface area contributed by atoms with Crippen molar-refractivity contribution in [1.29, 1.82) is 0 Å². The zero-order valence-corrected chi connectivity index (χ0v) is 14.5. The molecule has 1 fully saturated rings. The molecule has 4 heteroatoms. The van der Waals surface area contributed by atoms with E-state index < -0.39 is 0 Å². The molecule has 0 bridgehead atoms. The zero-order chi connectivity index (χ0) is 16.4. The Kier molecular flexibility index (Phi) is 4.71. The number of nitrogens with zero attached hydrogens (tertiary/aromatic N) is 3. The lowest BCUT2D eigenvalue weighted by Gasteiger charge is -2.34. The highest BCUT2D eigenvalue weighted by atomic mass is 14.9. The predicted molar refractivity (Wildman–Crippen MR) is 93.2 cm³/mol. The fraction of sp³-hybridized carbons (Fsp3) is 0.526. The molecule has 122 valence electrons. The molecular formula is C19H26N4. The van der Waals surface area contributed by atoms with Crippen molar-refractivity contribution in [3.63, 3.8) is 0 Å². The number of piperidine rings is 1. The van der Waals surface area contributed by atoms with Crippen molar-refractivity contribution >= 4 is 0 Å². The molecule has 4 nitrogen and oxygen atoms in total. The van der Waals surface area contributed by atoms with Gasteiger partial charge in [-0.15, -0.1) is 0 Å². The summed E-state index contributed by atoms with van der Waals surface area (Å²) in [7, 11) is 0. The lowest BCUT2D eigenvalue weighted by molar-refractivity contribution is 0.242. The van der Waals surface area contributed by atoms with Crippen LogP contribution in [-0.4, -0.2) is 27.5 Å². The van der Waals surface area contributed by atoms with Crippen LogP contribution in [0.4, 0.5) is 0 Å². The Hall–Kier alpha value is -1.81. The van der Waals surface area contributed by atoms with Crippen LogP contribution in [0.25, 0.3) is 11.4 Å². The van der Waals surface area contributed by atoms with Crippen LogP contribution in [0.5, 0.6) is 0 Å². The van der Waals surface area contributed by atoms with E-state index in [0.29, 0.717) is 12.0 Å². The molecule has 2 aromatic heterocycles. The topological polar surface area (TPSA) is 50.7 Å². The molecule has 3 rings (SSSR count). The third-order valence-corrected chi connectivity index (χ3v) is 4.85. The van der Waals surface area contributed by atoms with Gasteiger partial charge in [-0.05, 0) is 57.2 Å². The first-order valence-corrected chi connectivity index (χ1v) is 8.53. The van der Waals surface area contributed by atoms with Crippen molar-refractivity contribution < 1.29 is 0 Å². The molecule has 0 aromatic carbocycles. The maximum absolute atomic E-state index is 4.71. The second kappa shape index (κ2) is 6.75. The lowest BCUT2D eigenvalue weighted by atomic mass is 9.83. The number of rotatable bonds is 3. The summed E-state index contributed by atoms with van der Waals surface area (Å²) in [6, 6.07) is 6.47. The number of hydrogen-bond donors (Lipinski definition) is 1. The molecule has 1 aliphatic rings. The third kappa shape index (κ3) is 3.58. The van der Waals surface area contributed by atoms with Gasteiger partial charge in [-0.3, -0.25) is 4.98 Å². The van der Waals surface area contributed by atoms with E-state index in [0.717, 1.165) is 41.8 Å². The quantitative estimate of drug-likeness (QED) is 0.945. The van der Waals surface area contributed by atoms with E-state index in [1.54, 1.807) is 0 Å². The number of aromatic nitrogens is 3. The fourth-order valence-electron chi connectivity index (χ4n) is 3.62. The fourth-order valence-corrected chi connectivity index (χ4v) is 3.62. The minimum Gasteiger partial charge on any atom is -0.313 e. The van der Waals surface area contributed by atoms with Gasteiger partial charge in [0.05, 0.1) is 11.4 Å². The smallest absolute Gasteiger partial charge is 0.126 e. The first kappa shape index (κ1) is 16.1. The van der Waals surface area contributed by atoms with Crippen LogP contribution in [0.2, 0.25) is 0 Å². The van der Waals surface area contributed by atoms with Crippen LogP contribution in [0.3, 0.4) is 0 Å². The summed E-state index contributed by atoms with van der Waals surface area (Å²) < 4.78 is 0. The number of aryl methyl sites for hydroxylation is 2. The van der Waals surface area contributed by atoms with Crippen LogP contribution in [0, 0.1) is 25.7 Å². The molecule has 0 aliphatic carbocycles. The summed E-state index contributed by atoms with van der Waals surface area (Å²) >= 11 is 0. The Balaban J connectivity index is 1.95. The molecule has 0 saturated carbocycles. The van der Waals surface area contributed by atoms with Gasteiger partial charge in [0.1, 0.15) is 5.82 Å². The van der Waals surface area contributed by atoms with Gasteiger partial charge in [0, 0.05) is 23.5 Å². The van der Waals surface area contributed by atoms with E-state index in [1.807, 2.05) is 31.3 Å². The van der Waals surface area contributed by atoms with Crippen molar-refractivity contribution in [3.05, 3.63) is 41.5 Å². The van der Waals surface area contributed by atoms with Crippen molar-refractivity contribution in [2.24, 2.45) is 11.8 Å². The molecule has 0 spiro atoms. The zero-order valence-electron chi connectivity index (χ0n) is 14.5. The van der Waals surface area contributed by atoms with Crippen LogP contribution < -0.4 is 5.32 Å². The number of pyridine rings is 1. The molecule has 1 N–H and O–H groups in total. The molecule has 3 heterocycles. The average Bonchev–Trinajstić information content (AvgIpc) is 2.52. The molecule has 23 heavy (non-hydrogen) atoms. The van der Waals surface area contributed by atoms with E-state index in [2.05, 4.69) is 36.1 Å². The lowest BCUT2D eigenvalue weighted by Crippen LogP contribution is -2.45. The van der Waals surface area contributed by atoms with Gasteiger partial charge in [-0.2, -0.15) is 0 Å². The van der Waals surface area contributed by atoms with E-state index in [-0.39, 0.29) is 0 Å². The van der Waals surface area contributed by atoms with Gasteiger partial charge in [-0.25, -0.2) is 9.97 Å². The Bertz CT molecular complexity index is 669. The van der Waals surface area contributed by atoms with Crippen molar-refractivity contribution in [2.75, 3.05) is 6.54 Å². The van der Waals surface area contributed by atoms with Gasteiger partial charge in [0.25, 0.3) is 0 Å². The van der Waals surface area contributed by atoms with Crippen LogP contribution in [0.15, 0.2) is 24.4 Å². The van der Waals surface area contributed by atoms with Crippen LogP contribution in [0.1, 0.15) is 37.4 Å². The van der Waals surface area contributed by atoms with Crippen LogP contribution in [-0.2, 0) is 6.42 Å². The summed E-state index contributed by atoms with van der Waals surface area (Å²) in [5, 5.41) is 3.71. The minimum absolute atomic E-state index is 0.485. The molecule has 2 aromatic rings. The second-order valence-corrected chi connectivity index (χ2v) is 6.94. The van der Waals surface area contributed by atoms with Gasteiger partial charge >= 0.3 is 0 Å². The molecule has 0 radical (unpaired) electrons. The first-order valence-electron chi connectivity index (χ1n) is 8.53. The number of nitrogens with one attached hydrogen (secondary N) is 1. The van der Waals surface area contributed by atoms with Crippen LogP contribution >= 0.6 is 0 Å². The molecule has 1 aliphatic heterocycles. The highest BCUT2D eigenvalue weighted by Gasteiger charge is 2.27. The van der Waals surface area contributed by atoms with E-state index >= 15 is 0 Å². The largest absolute Gasteiger partial charge is 0.313 e.